The molecule has 0 spiro atoms. The Labute approximate surface area is 280 Å². The van der Waals surface area contributed by atoms with Crippen molar-refractivity contribution in [3.63, 3.8) is 0 Å². The minimum Gasteiger partial charge on any atom is -0.457 e. The molecule has 0 amide bonds. The Balaban J connectivity index is 0.997. The first-order valence-electron chi connectivity index (χ1n) is 16.6. The molecule has 0 unspecified atom stereocenters. The summed E-state index contributed by atoms with van der Waals surface area (Å²) in [5.41, 5.74) is 13.9. The van der Waals surface area contributed by atoms with Crippen molar-refractivity contribution in [2.24, 2.45) is 0 Å². The number of furan rings is 1. The van der Waals surface area contributed by atoms with Crippen LogP contribution in [0.5, 0.6) is 11.5 Å². The standard InChI is InChI=1S/C45H33NO2/c1-29-28-46-22-21-39(29)43-26-35(17-19-40(43)30-15-16-30)32-8-4-7-31(23-32)33-9-5-11-37(24-33)47-38-12-6-10-34(25-38)36-18-20-42-41-13-2-3-14-44(41)48-45(42)27-36/h2-14,17-28,30H,15-16H2,1H3. The molecule has 230 valence electrons. The molecule has 6 aromatic carbocycles. The number of para-hydroxylation sites is 1. The molecule has 0 radical (unpaired) electrons. The number of benzene rings is 6. The third kappa shape index (κ3) is 5.34. The van der Waals surface area contributed by atoms with Gasteiger partial charge in [0.25, 0.3) is 0 Å². The number of pyridine rings is 1. The normalized spacial score (nSPS) is 12.9. The molecule has 0 saturated heterocycles. The number of fused-ring (bicyclic) bond motifs is 3. The summed E-state index contributed by atoms with van der Waals surface area (Å²) in [7, 11) is 0. The van der Waals surface area contributed by atoms with E-state index in [0.717, 1.165) is 55.7 Å². The Morgan fingerprint density at radius 3 is 1.90 bits per heavy atom. The van der Waals surface area contributed by atoms with Crippen molar-refractivity contribution >= 4 is 21.9 Å². The molecule has 48 heavy (non-hydrogen) atoms. The van der Waals surface area contributed by atoms with Gasteiger partial charge in [0, 0.05) is 23.2 Å². The molecule has 9 rings (SSSR count). The lowest BCUT2D eigenvalue weighted by Gasteiger charge is -2.15. The molecule has 8 aromatic rings. The molecule has 1 fully saturated rings. The van der Waals surface area contributed by atoms with Crippen LogP contribution in [-0.4, -0.2) is 4.98 Å². The second-order valence-corrected chi connectivity index (χ2v) is 12.8. The van der Waals surface area contributed by atoms with Gasteiger partial charge in [0.2, 0.25) is 0 Å². The fraction of sp³-hybridized carbons (Fsp3) is 0.0889. The lowest BCUT2D eigenvalue weighted by Crippen LogP contribution is -1.92. The van der Waals surface area contributed by atoms with Crippen molar-refractivity contribution in [1.29, 1.82) is 0 Å². The van der Waals surface area contributed by atoms with E-state index in [1.165, 1.54) is 46.2 Å². The summed E-state index contributed by atoms with van der Waals surface area (Å²) in [6.45, 7) is 2.15. The lowest BCUT2D eigenvalue weighted by molar-refractivity contribution is 0.483. The van der Waals surface area contributed by atoms with Crippen molar-refractivity contribution in [3.05, 3.63) is 163 Å². The van der Waals surface area contributed by atoms with Gasteiger partial charge in [-0.1, -0.05) is 78.9 Å². The van der Waals surface area contributed by atoms with Gasteiger partial charge in [-0.05, 0) is 142 Å². The Morgan fingerprint density at radius 2 is 1.17 bits per heavy atom. The van der Waals surface area contributed by atoms with Gasteiger partial charge < -0.3 is 9.15 Å². The molecule has 1 aliphatic rings. The Hall–Kier alpha value is -5.93. The average Bonchev–Trinajstić information content (AvgIpc) is 3.92. The Bertz CT molecular complexity index is 2470. The predicted molar refractivity (Wildman–Crippen MR) is 196 cm³/mol. The maximum absolute atomic E-state index is 6.44. The zero-order chi connectivity index (χ0) is 32.0. The zero-order valence-electron chi connectivity index (χ0n) is 26.7. The number of aryl methyl sites for hydroxylation is 1. The van der Waals surface area contributed by atoms with Gasteiger partial charge in [-0.15, -0.1) is 0 Å². The second kappa shape index (κ2) is 11.7. The van der Waals surface area contributed by atoms with Gasteiger partial charge in [-0.3, -0.25) is 4.98 Å². The molecule has 3 nitrogen and oxygen atoms in total. The topological polar surface area (TPSA) is 35.3 Å². The number of nitrogens with zero attached hydrogens (tertiary/aromatic N) is 1. The highest BCUT2D eigenvalue weighted by molar-refractivity contribution is 6.05. The van der Waals surface area contributed by atoms with Crippen molar-refractivity contribution in [1.82, 2.24) is 4.98 Å². The number of hydrogen-bond acceptors (Lipinski definition) is 3. The minimum atomic E-state index is 0.664. The molecule has 0 atom stereocenters. The first-order chi connectivity index (χ1) is 23.7. The SMILES string of the molecule is Cc1cnccc1-c1cc(-c2cccc(-c3cccc(Oc4cccc(-c5ccc6c(c5)oc5ccccc56)c4)c3)c2)ccc1C1CC1. The van der Waals surface area contributed by atoms with E-state index in [1.807, 2.05) is 48.8 Å². The quantitative estimate of drug-likeness (QED) is 0.178. The van der Waals surface area contributed by atoms with Crippen LogP contribution in [0, 0.1) is 6.92 Å². The smallest absolute Gasteiger partial charge is 0.136 e. The number of aromatic nitrogens is 1. The van der Waals surface area contributed by atoms with Crippen LogP contribution in [0.2, 0.25) is 0 Å². The lowest BCUT2D eigenvalue weighted by atomic mass is 9.90. The van der Waals surface area contributed by atoms with E-state index < -0.39 is 0 Å². The molecule has 3 heteroatoms. The number of hydrogen-bond donors (Lipinski definition) is 0. The van der Waals surface area contributed by atoms with Crippen LogP contribution in [-0.2, 0) is 0 Å². The predicted octanol–water partition coefficient (Wildman–Crippen LogP) is 12.6. The highest BCUT2D eigenvalue weighted by Crippen LogP contribution is 2.46. The summed E-state index contributed by atoms with van der Waals surface area (Å²) in [5.74, 6) is 2.25. The van der Waals surface area contributed by atoms with Gasteiger partial charge >= 0.3 is 0 Å². The van der Waals surface area contributed by atoms with E-state index in [-0.39, 0.29) is 0 Å². The van der Waals surface area contributed by atoms with Gasteiger partial charge in [0.15, 0.2) is 0 Å². The zero-order valence-corrected chi connectivity index (χ0v) is 26.7. The monoisotopic (exact) mass is 619 g/mol. The molecular formula is C45H33NO2. The summed E-state index contributed by atoms with van der Waals surface area (Å²) >= 11 is 0. The van der Waals surface area contributed by atoms with Crippen molar-refractivity contribution in [3.8, 4) is 56.0 Å². The minimum absolute atomic E-state index is 0.664. The first kappa shape index (κ1) is 28.3. The summed E-state index contributed by atoms with van der Waals surface area (Å²) in [5, 5.41) is 2.26. The van der Waals surface area contributed by atoms with Crippen molar-refractivity contribution in [2.45, 2.75) is 25.7 Å². The molecule has 0 bridgehead atoms. The average molecular weight is 620 g/mol. The largest absolute Gasteiger partial charge is 0.457 e. The second-order valence-electron chi connectivity index (χ2n) is 12.8. The molecule has 2 aromatic heterocycles. The molecule has 0 aliphatic heterocycles. The van der Waals surface area contributed by atoms with E-state index in [1.54, 1.807) is 0 Å². The number of rotatable bonds is 7. The van der Waals surface area contributed by atoms with Crippen LogP contribution < -0.4 is 4.74 Å². The summed E-state index contributed by atoms with van der Waals surface area (Å²) in [6, 6.07) is 49.1. The summed E-state index contributed by atoms with van der Waals surface area (Å²) in [6.07, 6.45) is 6.41. The molecule has 2 heterocycles. The van der Waals surface area contributed by atoms with Crippen LogP contribution in [0.15, 0.2) is 156 Å². The van der Waals surface area contributed by atoms with Gasteiger partial charge in [-0.25, -0.2) is 0 Å². The van der Waals surface area contributed by atoms with Crippen LogP contribution >= 0.6 is 0 Å². The van der Waals surface area contributed by atoms with Gasteiger partial charge in [-0.2, -0.15) is 0 Å². The third-order valence-electron chi connectivity index (χ3n) is 9.53. The number of ether oxygens (including phenoxy) is 1. The van der Waals surface area contributed by atoms with Crippen LogP contribution in [0.1, 0.15) is 29.9 Å². The molecule has 0 N–H and O–H groups in total. The van der Waals surface area contributed by atoms with E-state index in [4.69, 9.17) is 9.15 Å². The molecule has 1 aliphatic carbocycles. The van der Waals surface area contributed by atoms with Crippen LogP contribution in [0.3, 0.4) is 0 Å². The molecular weight excluding hydrogens is 587 g/mol. The molecule has 1 saturated carbocycles. The maximum Gasteiger partial charge on any atom is 0.136 e. The van der Waals surface area contributed by atoms with E-state index in [0.29, 0.717) is 5.92 Å². The highest BCUT2D eigenvalue weighted by atomic mass is 16.5. The van der Waals surface area contributed by atoms with Gasteiger partial charge in [0.05, 0.1) is 0 Å². The fourth-order valence-electron chi connectivity index (χ4n) is 6.89. The van der Waals surface area contributed by atoms with E-state index in [9.17, 15) is 0 Å². The first-order valence-corrected chi connectivity index (χ1v) is 16.6. The Kier molecular flexibility index (Phi) is 6.90. The van der Waals surface area contributed by atoms with Crippen molar-refractivity contribution in [2.75, 3.05) is 0 Å². The summed E-state index contributed by atoms with van der Waals surface area (Å²) < 4.78 is 12.6. The van der Waals surface area contributed by atoms with Crippen molar-refractivity contribution < 1.29 is 9.15 Å². The van der Waals surface area contributed by atoms with Gasteiger partial charge in [0.1, 0.15) is 22.7 Å². The third-order valence-corrected chi connectivity index (χ3v) is 9.53. The Morgan fingerprint density at radius 1 is 0.542 bits per heavy atom. The van der Waals surface area contributed by atoms with Crippen LogP contribution in [0.4, 0.5) is 0 Å². The van der Waals surface area contributed by atoms with E-state index >= 15 is 0 Å². The van der Waals surface area contributed by atoms with Crippen LogP contribution in [0.25, 0.3) is 66.4 Å². The maximum atomic E-state index is 6.44. The van der Waals surface area contributed by atoms with E-state index in [2.05, 4.69) is 115 Å². The fourth-order valence-corrected chi connectivity index (χ4v) is 6.89. The summed E-state index contributed by atoms with van der Waals surface area (Å²) in [4.78, 5) is 4.34. The highest BCUT2D eigenvalue weighted by Gasteiger charge is 2.27.